The molecule has 28 heavy (non-hydrogen) atoms. The number of fused-ring (bicyclic) bond motifs is 2. The van der Waals surface area contributed by atoms with E-state index in [2.05, 4.69) is 15.1 Å². The summed E-state index contributed by atoms with van der Waals surface area (Å²) in [6.45, 7) is 1.74. The highest BCUT2D eigenvalue weighted by Crippen LogP contribution is 2.35. The number of amides is 2. The van der Waals surface area contributed by atoms with Crippen LogP contribution >= 0.6 is 0 Å². The molecule has 2 aliphatic heterocycles. The smallest absolute Gasteiger partial charge is 0.253 e. The van der Waals surface area contributed by atoms with Crippen LogP contribution in [-0.4, -0.2) is 72.1 Å². The molecule has 2 aliphatic rings. The molecule has 0 radical (unpaired) electrons. The molecule has 2 aromatic rings. The minimum atomic E-state index is -0.0737. The van der Waals surface area contributed by atoms with E-state index >= 15 is 0 Å². The van der Waals surface area contributed by atoms with Crippen molar-refractivity contribution < 1.29 is 14.3 Å². The number of hydrogen-bond donors (Lipinski definition) is 1. The van der Waals surface area contributed by atoms with E-state index in [0.29, 0.717) is 31.7 Å². The molecule has 0 fully saturated rings. The topological polar surface area (TPSA) is 81.8 Å². The molecule has 8 heteroatoms. The molecular formula is C20H25N5O3. The summed E-state index contributed by atoms with van der Waals surface area (Å²) in [5.41, 5.74) is 3.65. The van der Waals surface area contributed by atoms with Gasteiger partial charge in [-0.1, -0.05) is 0 Å². The number of anilines is 1. The quantitative estimate of drug-likeness (QED) is 0.864. The summed E-state index contributed by atoms with van der Waals surface area (Å²) in [5.74, 6) is 0.789. The van der Waals surface area contributed by atoms with Crippen LogP contribution in [0.3, 0.4) is 0 Å². The van der Waals surface area contributed by atoms with Crippen LogP contribution in [-0.2, 0) is 17.8 Å². The van der Waals surface area contributed by atoms with Gasteiger partial charge >= 0.3 is 0 Å². The number of aromatic nitrogens is 2. The van der Waals surface area contributed by atoms with Crippen molar-refractivity contribution in [2.45, 2.75) is 25.4 Å². The first-order valence-electron chi connectivity index (χ1n) is 9.44. The second kappa shape index (κ2) is 7.18. The molecule has 1 aromatic heterocycles. The fraction of sp³-hybridized carbons (Fsp3) is 0.450. The number of nitrogens with one attached hydrogen (secondary N) is 1. The summed E-state index contributed by atoms with van der Waals surface area (Å²) in [4.78, 5) is 30.6. The largest absolute Gasteiger partial charge is 0.489 e. The molecule has 4 rings (SSSR count). The van der Waals surface area contributed by atoms with Crippen LogP contribution in [0.5, 0.6) is 5.75 Å². The Bertz CT molecular complexity index is 907. The summed E-state index contributed by atoms with van der Waals surface area (Å²) in [6, 6.07) is 5.37. The Labute approximate surface area is 164 Å². The van der Waals surface area contributed by atoms with E-state index in [4.69, 9.17) is 4.74 Å². The average Bonchev–Trinajstić information content (AvgIpc) is 3.17. The van der Waals surface area contributed by atoms with Gasteiger partial charge in [0.15, 0.2) is 0 Å². The van der Waals surface area contributed by atoms with Crippen LogP contribution in [0.25, 0.3) is 0 Å². The minimum Gasteiger partial charge on any atom is -0.489 e. The SMILES string of the molecule is CN(C)C(=O)c1ccc2c(c1)N(C)[C@H](CC(=O)N1CCc3[nH]ncc3C1)CO2. The van der Waals surface area contributed by atoms with Crippen molar-refractivity contribution in [1.29, 1.82) is 0 Å². The van der Waals surface area contributed by atoms with Gasteiger partial charge in [0.25, 0.3) is 5.91 Å². The number of nitrogens with zero attached hydrogens (tertiary/aromatic N) is 4. The van der Waals surface area contributed by atoms with Crippen LogP contribution in [0.15, 0.2) is 24.4 Å². The van der Waals surface area contributed by atoms with E-state index in [1.165, 1.54) is 0 Å². The lowest BCUT2D eigenvalue weighted by molar-refractivity contribution is -0.132. The molecule has 0 bridgehead atoms. The molecule has 1 N–H and O–H groups in total. The Morgan fingerprint density at radius 1 is 1.36 bits per heavy atom. The third kappa shape index (κ3) is 3.30. The van der Waals surface area contributed by atoms with Crippen LogP contribution < -0.4 is 9.64 Å². The number of hydrogen-bond acceptors (Lipinski definition) is 5. The van der Waals surface area contributed by atoms with Crippen molar-refractivity contribution in [3.63, 3.8) is 0 Å². The second-order valence-corrected chi connectivity index (χ2v) is 7.60. The Balaban J connectivity index is 1.47. The van der Waals surface area contributed by atoms with E-state index < -0.39 is 0 Å². The predicted octanol–water partition coefficient (Wildman–Crippen LogP) is 1.28. The van der Waals surface area contributed by atoms with Gasteiger partial charge in [-0.15, -0.1) is 0 Å². The lowest BCUT2D eigenvalue weighted by atomic mass is 10.0. The number of aromatic amines is 1. The third-order valence-corrected chi connectivity index (χ3v) is 5.53. The van der Waals surface area contributed by atoms with Gasteiger partial charge in [0.05, 0.1) is 24.3 Å². The Morgan fingerprint density at radius 3 is 2.96 bits per heavy atom. The molecule has 0 aliphatic carbocycles. The maximum Gasteiger partial charge on any atom is 0.253 e. The average molecular weight is 383 g/mol. The highest BCUT2D eigenvalue weighted by Gasteiger charge is 2.30. The van der Waals surface area contributed by atoms with Crippen LogP contribution in [0, 0.1) is 0 Å². The number of benzene rings is 1. The number of H-pyrrole nitrogens is 1. The first-order valence-corrected chi connectivity index (χ1v) is 9.44. The summed E-state index contributed by atoms with van der Waals surface area (Å²) in [5, 5.41) is 7.05. The third-order valence-electron chi connectivity index (χ3n) is 5.53. The molecule has 0 unspecified atom stereocenters. The van der Waals surface area contributed by atoms with E-state index in [0.717, 1.165) is 29.1 Å². The molecule has 3 heterocycles. The highest BCUT2D eigenvalue weighted by molar-refractivity contribution is 5.95. The number of ether oxygens (including phenoxy) is 1. The zero-order valence-corrected chi connectivity index (χ0v) is 16.4. The fourth-order valence-electron chi connectivity index (χ4n) is 3.76. The van der Waals surface area contributed by atoms with E-state index in [-0.39, 0.29) is 17.9 Å². The molecule has 0 saturated carbocycles. The number of carbonyl (C=O) groups excluding carboxylic acids is 2. The van der Waals surface area contributed by atoms with Gasteiger partial charge in [-0.2, -0.15) is 5.10 Å². The van der Waals surface area contributed by atoms with Gasteiger partial charge in [-0.3, -0.25) is 14.7 Å². The van der Waals surface area contributed by atoms with Gasteiger partial charge in [0.2, 0.25) is 5.91 Å². The van der Waals surface area contributed by atoms with Crippen LogP contribution in [0.4, 0.5) is 5.69 Å². The summed E-state index contributed by atoms with van der Waals surface area (Å²) < 4.78 is 5.88. The molecule has 0 saturated heterocycles. The lowest BCUT2D eigenvalue weighted by Gasteiger charge is -2.37. The van der Waals surface area contributed by atoms with Crippen molar-refractivity contribution in [2.24, 2.45) is 0 Å². The molecule has 2 amide bonds. The van der Waals surface area contributed by atoms with Gasteiger partial charge in [0, 0.05) is 57.5 Å². The monoisotopic (exact) mass is 383 g/mol. The normalized spacial score (nSPS) is 18.2. The minimum absolute atomic E-state index is 0.0568. The number of likely N-dealkylation sites (N-methyl/N-ethyl adjacent to an activating group) is 1. The van der Waals surface area contributed by atoms with E-state index in [9.17, 15) is 9.59 Å². The highest BCUT2D eigenvalue weighted by atomic mass is 16.5. The van der Waals surface area contributed by atoms with Crippen molar-refractivity contribution in [1.82, 2.24) is 20.0 Å². The lowest BCUT2D eigenvalue weighted by Crippen LogP contribution is -2.45. The molecule has 1 atom stereocenters. The molecule has 0 spiro atoms. The van der Waals surface area contributed by atoms with Gasteiger partial charge in [-0.25, -0.2) is 0 Å². The van der Waals surface area contributed by atoms with Gasteiger partial charge < -0.3 is 19.4 Å². The zero-order valence-electron chi connectivity index (χ0n) is 16.4. The first kappa shape index (κ1) is 18.3. The second-order valence-electron chi connectivity index (χ2n) is 7.60. The molecular weight excluding hydrogens is 358 g/mol. The Hall–Kier alpha value is -3.03. The maximum atomic E-state index is 12.9. The summed E-state index contributed by atoms with van der Waals surface area (Å²) in [6.07, 6.45) is 2.97. The Kier molecular flexibility index (Phi) is 4.70. The number of carbonyl (C=O) groups is 2. The van der Waals surface area contributed by atoms with E-state index in [1.807, 2.05) is 24.1 Å². The zero-order chi connectivity index (χ0) is 19.8. The van der Waals surface area contributed by atoms with Gasteiger partial charge in [-0.05, 0) is 18.2 Å². The predicted molar refractivity (Wildman–Crippen MR) is 104 cm³/mol. The first-order chi connectivity index (χ1) is 13.4. The maximum absolute atomic E-state index is 12.9. The van der Waals surface area contributed by atoms with Crippen molar-refractivity contribution in [3.8, 4) is 5.75 Å². The van der Waals surface area contributed by atoms with Crippen molar-refractivity contribution in [2.75, 3.05) is 39.2 Å². The molecule has 1 aromatic carbocycles. The summed E-state index contributed by atoms with van der Waals surface area (Å²) >= 11 is 0. The van der Waals surface area contributed by atoms with Crippen LogP contribution in [0.1, 0.15) is 28.0 Å². The van der Waals surface area contributed by atoms with Crippen molar-refractivity contribution in [3.05, 3.63) is 41.2 Å². The summed E-state index contributed by atoms with van der Waals surface area (Å²) in [7, 11) is 5.41. The fourth-order valence-corrected chi connectivity index (χ4v) is 3.76. The number of rotatable bonds is 3. The van der Waals surface area contributed by atoms with E-state index in [1.54, 1.807) is 31.3 Å². The molecule has 8 nitrogen and oxygen atoms in total. The van der Waals surface area contributed by atoms with Gasteiger partial charge in [0.1, 0.15) is 12.4 Å². The Morgan fingerprint density at radius 2 is 2.18 bits per heavy atom. The standard InChI is InChI=1S/C20H25N5O3/c1-23(2)20(27)13-4-5-18-17(8-13)24(3)15(12-28-18)9-19(26)25-7-6-16-14(11-25)10-21-22-16/h4-5,8,10,15H,6-7,9,11-12H2,1-3H3,(H,21,22)/t15-/m1/s1. The molecule has 148 valence electrons. The van der Waals surface area contributed by atoms with Crippen molar-refractivity contribution >= 4 is 17.5 Å². The van der Waals surface area contributed by atoms with Crippen LogP contribution in [0.2, 0.25) is 0 Å².